The first-order chi connectivity index (χ1) is 9.34. The van der Waals surface area contributed by atoms with Crippen molar-refractivity contribution in [3.05, 3.63) is 20.2 Å². The highest BCUT2D eigenvalue weighted by Gasteiger charge is 2.83. The van der Waals surface area contributed by atoms with Gasteiger partial charge in [-0.2, -0.15) is 0 Å². The Morgan fingerprint density at radius 2 is 1.00 bits per heavy atom. The standard InChI is InChI=1S/C12H14Br2N2O4/c13-11(15(17)18)5-1-2-6-9(5)10-7(11)3-4-8(10)12(6,14)16(19)20/h5-10H,1-4H2. The van der Waals surface area contributed by atoms with Crippen LogP contribution < -0.4 is 0 Å². The summed E-state index contributed by atoms with van der Waals surface area (Å²) in [5.41, 5.74) is 0. The van der Waals surface area contributed by atoms with Crippen molar-refractivity contribution in [2.45, 2.75) is 34.6 Å². The quantitative estimate of drug-likeness (QED) is 0.303. The molecule has 0 aromatic heterocycles. The molecule has 0 spiro atoms. The molecule has 6 nitrogen and oxygen atoms in total. The minimum atomic E-state index is -1.04. The Morgan fingerprint density at radius 1 is 0.750 bits per heavy atom. The molecule has 0 bridgehead atoms. The smallest absolute Gasteiger partial charge is 0.263 e. The molecule has 8 heteroatoms. The molecule has 4 rings (SSSR count). The number of halogens is 2. The lowest BCUT2D eigenvalue weighted by atomic mass is 9.90. The first-order valence-electron chi connectivity index (χ1n) is 7.01. The van der Waals surface area contributed by atoms with Crippen molar-refractivity contribution in [2.75, 3.05) is 0 Å². The van der Waals surface area contributed by atoms with Gasteiger partial charge >= 0.3 is 0 Å². The lowest BCUT2D eigenvalue weighted by Gasteiger charge is -2.26. The van der Waals surface area contributed by atoms with E-state index in [4.69, 9.17) is 0 Å². The van der Waals surface area contributed by atoms with Crippen LogP contribution in [0.5, 0.6) is 0 Å². The van der Waals surface area contributed by atoms with Crippen LogP contribution in [0.4, 0.5) is 0 Å². The fourth-order valence-electron chi connectivity index (χ4n) is 6.10. The average Bonchev–Trinajstić information content (AvgIpc) is 3.05. The minimum Gasteiger partial charge on any atom is -0.263 e. The molecule has 4 fully saturated rings. The Bertz CT molecular complexity index is 458. The third-order valence-corrected chi connectivity index (χ3v) is 9.45. The molecule has 0 heterocycles. The molecule has 4 aliphatic rings. The monoisotopic (exact) mass is 408 g/mol. The molecule has 20 heavy (non-hydrogen) atoms. The topological polar surface area (TPSA) is 86.3 Å². The Labute approximate surface area is 132 Å². The van der Waals surface area contributed by atoms with Gasteiger partial charge in [0.15, 0.2) is 0 Å². The van der Waals surface area contributed by atoms with Crippen LogP contribution in [0.15, 0.2) is 0 Å². The van der Waals surface area contributed by atoms with Crippen molar-refractivity contribution in [1.29, 1.82) is 0 Å². The molecule has 0 aliphatic heterocycles. The molecule has 4 atom stereocenters. The van der Waals surface area contributed by atoms with Gasteiger partial charge in [0.1, 0.15) is 0 Å². The van der Waals surface area contributed by atoms with E-state index < -0.39 is 8.90 Å². The lowest BCUT2D eigenvalue weighted by Crippen LogP contribution is -2.44. The summed E-state index contributed by atoms with van der Waals surface area (Å²) in [6.45, 7) is 0. The molecule has 0 saturated heterocycles. The summed E-state index contributed by atoms with van der Waals surface area (Å²) in [7, 11) is 0. The van der Waals surface area contributed by atoms with Gasteiger partial charge in [-0.25, -0.2) is 0 Å². The predicted molar refractivity (Wildman–Crippen MR) is 76.7 cm³/mol. The number of hydrogen-bond donors (Lipinski definition) is 0. The van der Waals surface area contributed by atoms with Crippen molar-refractivity contribution in [3.63, 3.8) is 0 Å². The van der Waals surface area contributed by atoms with E-state index in [0.717, 1.165) is 25.7 Å². The van der Waals surface area contributed by atoms with Crippen LogP contribution in [0.1, 0.15) is 25.7 Å². The summed E-state index contributed by atoms with van der Waals surface area (Å²) in [5.74, 6) is 0.0304. The average molecular weight is 410 g/mol. The van der Waals surface area contributed by atoms with Gasteiger partial charge in [0.2, 0.25) is 0 Å². The zero-order valence-corrected chi connectivity index (χ0v) is 13.7. The molecule has 4 aliphatic carbocycles. The fraction of sp³-hybridized carbons (Fsp3) is 1.00. The van der Waals surface area contributed by atoms with E-state index in [0.29, 0.717) is 0 Å². The number of rotatable bonds is 2. The van der Waals surface area contributed by atoms with Gasteiger partial charge in [-0.1, -0.05) is 0 Å². The lowest BCUT2D eigenvalue weighted by molar-refractivity contribution is -0.557. The second kappa shape index (κ2) is 3.74. The van der Waals surface area contributed by atoms with E-state index in [1.807, 2.05) is 0 Å². The molecule has 0 aromatic rings. The molecule has 4 unspecified atom stereocenters. The Morgan fingerprint density at radius 3 is 1.20 bits per heavy atom. The van der Waals surface area contributed by atoms with Crippen LogP contribution in [0.25, 0.3) is 0 Å². The van der Waals surface area contributed by atoms with Gasteiger partial charge in [0.05, 0.1) is 0 Å². The molecular weight excluding hydrogens is 396 g/mol. The van der Waals surface area contributed by atoms with Crippen LogP contribution in [0, 0.1) is 55.7 Å². The SMILES string of the molecule is O=[N+]([O-])C1(Br)C2CCC3C2C2C1CCC2C3(Br)[N+](=O)[O-]. The van der Waals surface area contributed by atoms with Crippen LogP contribution in [-0.4, -0.2) is 18.7 Å². The molecule has 0 radical (unpaired) electrons. The van der Waals surface area contributed by atoms with E-state index in [1.165, 1.54) is 0 Å². The summed E-state index contributed by atoms with van der Waals surface area (Å²) in [4.78, 5) is 23.0. The summed E-state index contributed by atoms with van der Waals surface area (Å²) in [5, 5.41) is 23.3. The molecule has 0 amide bonds. The summed E-state index contributed by atoms with van der Waals surface area (Å²) in [6, 6.07) is 0. The number of nitro groups is 2. The van der Waals surface area contributed by atoms with E-state index in [9.17, 15) is 20.2 Å². The third-order valence-electron chi connectivity index (χ3n) is 6.52. The van der Waals surface area contributed by atoms with Gasteiger partial charge < -0.3 is 0 Å². The van der Waals surface area contributed by atoms with E-state index >= 15 is 0 Å². The van der Waals surface area contributed by atoms with E-state index in [-0.39, 0.29) is 45.4 Å². The predicted octanol–water partition coefficient (Wildman–Crippen LogP) is 3.03. The van der Waals surface area contributed by atoms with Crippen molar-refractivity contribution >= 4 is 31.9 Å². The molecule has 110 valence electrons. The molecule has 0 aromatic carbocycles. The fourth-order valence-corrected chi connectivity index (χ4v) is 8.24. The van der Waals surface area contributed by atoms with Gasteiger partial charge in [0, 0.05) is 65.4 Å². The molecule has 0 N–H and O–H groups in total. The molecule has 4 saturated carbocycles. The first-order valence-corrected chi connectivity index (χ1v) is 8.60. The largest absolute Gasteiger partial charge is 0.280 e. The summed E-state index contributed by atoms with van der Waals surface area (Å²) < 4.78 is -2.09. The Balaban J connectivity index is 1.86. The van der Waals surface area contributed by atoms with Crippen molar-refractivity contribution < 1.29 is 9.85 Å². The first kappa shape index (κ1) is 13.4. The normalized spacial score (nSPS) is 58.9. The maximum Gasteiger partial charge on any atom is 0.280 e. The van der Waals surface area contributed by atoms with E-state index in [1.54, 1.807) is 0 Å². The summed E-state index contributed by atoms with van der Waals surface area (Å²) in [6.07, 6.45) is 2.90. The van der Waals surface area contributed by atoms with Gasteiger partial charge in [0.25, 0.3) is 8.90 Å². The van der Waals surface area contributed by atoms with Crippen LogP contribution in [0.2, 0.25) is 0 Å². The summed E-state index contributed by atoms with van der Waals surface area (Å²) >= 11 is 6.93. The maximum atomic E-state index is 11.6. The minimum absolute atomic E-state index is 0.0559. The van der Waals surface area contributed by atoms with Crippen molar-refractivity contribution in [2.24, 2.45) is 35.5 Å². The van der Waals surface area contributed by atoms with Gasteiger partial charge in [-0.05, 0) is 37.5 Å². The van der Waals surface area contributed by atoms with Crippen LogP contribution >= 0.6 is 31.9 Å². The zero-order valence-electron chi connectivity index (χ0n) is 10.6. The second-order valence-electron chi connectivity index (χ2n) is 6.70. The highest BCUT2D eigenvalue weighted by molar-refractivity contribution is 9.10. The second-order valence-corrected chi connectivity index (χ2v) is 9.25. The van der Waals surface area contributed by atoms with Gasteiger partial charge in [-0.15, -0.1) is 0 Å². The van der Waals surface area contributed by atoms with Gasteiger partial charge in [-0.3, -0.25) is 20.2 Å². The zero-order chi connectivity index (χ0) is 14.4. The Hall–Kier alpha value is -0.240. The van der Waals surface area contributed by atoms with E-state index in [2.05, 4.69) is 31.9 Å². The highest BCUT2D eigenvalue weighted by atomic mass is 79.9. The van der Waals surface area contributed by atoms with Crippen molar-refractivity contribution in [1.82, 2.24) is 0 Å². The molecular formula is C12H14Br2N2O4. The van der Waals surface area contributed by atoms with Crippen molar-refractivity contribution in [3.8, 4) is 0 Å². The van der Waals surface area contributed by atoms with Crippen LogP contribution in [0.3, 0.4) is 0 Å². The Kier molecular flexibility index (Phi) is 2.51. The number of alkyl halides is 2. The van der Waals surface area contributed by atoms with Crippen LogP contribution in [-0.2, 0) is 0 Å². The highest BCUT2D eigenvalue weighted by Crippen LogP contribution is 2.76. The number of nitrogens with zero attached hydrogens (tertiary/aromatic N) is 2. The number of hydrogen-bond acceptors (Lipinski definition) is 4. The maximum absolute atomic E-state index is 11.6. The third kappa shape index (κ3) is 1.15.